The van der Waals surface area contributed by atoms with E-state index >= 15 is 0 Å². The molecule has 0 radical (unpaired) electrons. The number of hydrogen-bond donors (Lipinski definition) is 2. The number of H-pyrrole nitrogens is 1. The zero-order chi connectivity index (χ0) is 11.1. The van der Waals surface area contributed by atoms with E-state index < -0.39 is 5.97 Å². The molecule has 1 aliphatic heterocycles. The number of aromatic carboxylic acids is 1. The predicted molar refractivity (Wildman–Crippen MR) is 53.4 cm³/mol. The van der Waals surface area contributed by atoms with Gasteiger partial charge in [-0.25, -0.2) is 9.78 Å². The molecular formula is C10H6N2O4. The van der Waals surface area contributed by atoms with E-state index in [-0.39, 0.29) is 11.3 Å². The van der Waals surface area contributed by atoms with E-state index in [0.717, 1.165) is 0 Å². The number of fused-ring (bicyclic) bond motifs is 3. The second-order valence-corrected chi connectivity index (χ2v) is 3.19. The maximum Gasteiger partial charge on any atom is 0.339 e. The lowest BCUT2D eigenvalue weighted by Gasteiger charge is -2.14. The molecule has 0 fully saturated rings. The Balaban J connectivity index is 2.40. The Kier molecular flexibility index (Phi) is 1.64. The molecular weight excluding hydrogens is 212 g/mol. The molecule has 0 amide bonds. The molecule has 1 aromatic heterocycles. The van der Waals surface area contributed by atoms with Crippen LogP contribution in [0.25, 0.3) is 11.0 Å². The Morgan fingerprint density at radius 2 is 2.06 bits per heavy atom. The van der Waals surface area contributed by atoms with Crippen molar-refractivity contribution < 1.29 is 19.4 Å². The van der Waals surface area contributed by atoms with Crippen LogP contribution in [0.1, 0.15) is 10.4 Å². The van der Waals surface area contributed by atoms with Gasteiger partial charge >= 0.3 is 5.97 Å². The van der Waals surface area contributed by atoms with Gasteiger partial charge in [0.1, 0.15) is 23.6 Å². The SMILES string of the molecule is O=C(O)c1cc2[nH]cnc2c2c1OC=CO2. The average molecular weight is 218 g/mol. The molecule has 80 valence electrons. The predicted octanol–water partition coefficient (Wildman–Crippen LogP) is 1.50. The highest BCUT2D eigenvalue weighted by molar-refractivity contribution is 5.99. The molecule has 0 saturated carbocycles. The van der Waals surface area contributed by atoms with Crippen molar-refractivity contribution in [1.29, 1.82) is 0 Å². The first-order chi connectivity index (χ1) is 7.77. The van der Waals surface area contributed by atoms with Crippen molar-refractivity contribution in [1.82, 2.24) is 9.97 Å². The number of carboxylic acid groups (broad SMARTS) is 1. The van der Waals surface area contributed by atoms with Gasteiger partial charge in [0.25, 0.3) is 0 Å². The summed E-state index contributed by atoms with van der Waals surface area (Å²) in [6.07, 6.45) is 4.09. The molecule has 0 spiro atoms. The van der Waals surface area contributed by atoms with Crippen LogP contribution >= 0.6 is 0 Å². The van der Waals surface area contributed by atoms with Gasteiger partial charge in [-0.15, -0.1) is 0 Å². The van der Waals surface area contributed by atoms with E-state index in [2.05, 4.69) is 9.97 Å². The number of rotatable bonds is 1. The van der Waals surface area contributed by atoms with Gasteiger partial charge in [-0.3, -0.25) is 0 Å². The summed E-state index contributed by atoms with van der Waals surface area (Å²) in [5.74, 6) is -0.583. The van der Waals surface area contributed by atoms with Crippen molar-refractivity contribution in [2.45, 2.75) is 0 Å². The Morgan fingerprint density at radius 3 is 2.81 bits per heavy atom. The van der Waals surface area contributed by atoms with E-state index in [1.165, 1.54) is 24.9 Å². The number of nitrogens with one attached hydrogen (secondary N) is 1. The van der Waals surface area contributed by atoms with E-state index in [9.17, 15) is 4.79 Å². The third-order valence-corrected chi connectivity index (χ3v) is 2.28. The van der Waals surface area contributed by atoms with Crippen LogP contribution in [-0.2, 0) is 0 Å². The lowest BCUT2D eigenvalue weighted by Crippen LogP contribution is -2.05. The summed E-state index contributed by atoms with van der Waals surface area (Å²) in [4.78, 5) is 17.9. The first-order valence-corrected chi connectivity index (χ1v) is 4.49. The summed E-state index contributed by atoms with van der Waals surface area (Å²) in [6, 6.07) is 1.46. The summed E-state index contributed by atoms with van der Waals surface area (Å²) < 4.78 is 10.4. The van der Waals surface area contributed by atoms with Crippen molar-refractivity contribution in [2.24, 2.45) is 0 Å². The normalized spacial score (nSPS) is 13.0. The standard InChI is InChI=1S/C10H6N2O4/c13-10(14)5-3-6-7(12-4-11-6)9-8(5)15-1-2-16-9/h1-4H,(H,11,12)(H,13,14). The minimum Gasteiger partial charge on any atom is -0.478 e. The number of hydrogen-bond acceptors (Lipinski definition) is 4. The Labute approximate surface area is 89.1 Å². The smallest absolute Gasteiger partial charge is 0.339 e. The molecule has 0 saturated heterocycles. The average Bonchev–Trinajstić information content (AvgIpc) is 2.75. The van der Waals surface area contributed by atoms with Crippen LogP contribution in [0.4, 0.5) is 0 Å². The van der Waals surface area contributed by atoms with E-state index in [1.54, 1.807) is 0 Å². The molecule has 3 rings (SSSR count). The first kappa shape index (κ1) is 8.78. The van der Waals surface area contributed by atoms with Crippen LogP contribution in [0.15, 0.2) is 24.9 Å². The molecule has 2 heterocycles. The van der Waals surface area contributed by atoms with Gasteiger partial charge in [0.15, 0.2) is 11.5 Å². The fourth-order valence-electron chi connectivity index (χ4n) is 1.61. The van der Waals surface area contributed by atoms with Gasteiger partial charge in [0.2, 0.25) is 0 Å². The Hall–Kier alpha value is -2.50. The molecule has 0 aliphatic carbocycles. The highest BCUT2D eigenvalue weighted by Gasteiger charge is 2.23. The topological polar surface area (TPSA) is 84.4 Å². The van der Waals surface area contributed by atoms with E-state index in [1.807, 2.05) is 0 Å². The highest BCUT2D eigenvalue weighted by atomic mass is 16.5. The van der Waals surface area contributed by atoms with Crippen molar-refractivity contribution in [3.63, 3.8) is 0 Å². The molecule has 0 bridgehead atoms. The highest BCUT2D eigenvalue weighted by Crippen LogP contribution is 2.39. The van der Waals surface area contributed by atoms with Gasteiger partial charge in [-0.2, -0.15) is 0 Å². The van der Waals surface area contributed by atoms with Crippen LogP contribution in [0, 0.1) is 0 Å². The Bertz CT molecular complexity index is 615. The third-order valence-electron chi connectivity index (χ3n) is 2.28. The number of aromatic nitrogens is 2. The largest absolute Gasteiger partial charge is 0.478 e. The maximum atomic E-state index is 11.0. The minimum atomic E-state index is -1.08. The summed E-state index contributed by atoms with van der Waals surface area (Å²) >= 11 is 0. The summed E-state index contributed by atoms with van der Waals surface area (Å²) in [7, 11) is 0. The maximum absolute atomic E-state index is 11.0. The van der Waals surface area contributed by atoms with Gasteiger partial charge in [-0.1, -0.05) is 0 Å². The monoisotopic (exact) mass is 218 g/mol. The van der Waals surface area contributed by atoms with Gasteiger partial charge < -0.3 is 19.6 Å². The van der Waals surface area contributed by atoms with Crippen molar-refractivity contribution in [3.05, 3.63) is 30.5 Å². The summed E-state index contributed by atoms with van der Waals surface area (Å²) in [5, 5.41) is 9.04. The van der Waals surface area contributed by atoms with E-state index in [0.29, 0.717) is 16.8 Å². The molecule has 6 nitrogen and oxygen atoms in total. The Morgan fingerprint density at radius 1 is 1.31 bits per heavy atom. The number of benzene rings is 1. The zero-order valence-corrected chi connectivity index (χ0v) is 7.93. The zero-order valence-electron chi connectivity index (χ0n) is 7.93. The molecule has 6 heteroatoms. The van der Waals surface area contributed by atoms with Gasteiger partial charge in [0.05, 0.1) is 11.8 Å². The van der Waals surface area contributed by atoms with E-state index in [4.69, 9.17) is 14.6 Å². The number of carboxylic acids is 1. The van der Waals surface area contributed by atoms with Crippen LogP contribution < -0.4 is 9.47 Å². The second kappa shape index (κ2) is 2.99. The fourth-order valence-corrected chi connectivity index (χ4v) is 1.61. The van der Waals surface area contributed by atoms with Crippen LogP contribution in [0.3, 0.4) is 0 Å². The summed E-state index contributed by atoms with van der Waals surface area (Å²) in [5.41, 5.74) is 1.18. The molecule has 16 heavy (non-hydrogen) atoms. The van der Waals surface area contributed by atoms with Crippen LogP contribution in [-0.4, -0.2) is 21.0 Å². The molecule has 1 aliphatic rings. The third kappa shape index (κ3) is 1.07. The number of nitrogens with zero attached hydrogens (tertiary/aromatic N) is 1. The lowest BCUT2D eigenvalue weighted by molar-refractivity contribution is 0.0693. The minimum absolute atomic E-state index is 0.0381. The van der Waals surface area contributed by atoms with Crippen LogP contribution in [0.2, 0.25) is 0 Å². The van der Waals surface area contributed by atoms with Crippen molar-refractivity contribution in [3.8, 4) is 11.5 Å². The van der Waals surface area contributed by atoms with Crippen molar-refractivity contribution >= 4 is 17.0 Å². The van der Waals surface area contributed by atoms with Crippen molar-refractivity contribution in [2.75, 3.05) is 0 Å². The molecule has 2 aromatic rings. The summed E-state index contributed by atoms with van der Waals surface area (Å²) in [6.45, 7) is 0. The fraction of sp³-hybridized carbons (Fsp3) is 0. The molecule has 2 N–H and O–H groups in total. The lowest BCUT2D eigenvalue weighted by atomic mass is 10.1. The molecule has 1 aromatic carbocycles. The number of aromatic amines is 1. The van der Waals surface area contributed by atoms with Crippen LogP contribution in [0.5, 0.6) is 11.5 Å². The van der Waals surface area contributed by atoms with Gasteiger partial charge in [0, 0.05) is 0 Å². The number of carbonyl (C=O) groups is 1. The van der Waals surface area contributed by atoms with Gasteiger partial charge in [-0.05, 0) is 6.07 Å². The number of imidazole rings is 1. The quantitative estimate of drug-likeness (QED) is 0.757. The molecule has 0 unspecified atom stereocenters. The first-order valence-electron chi connectivity index (χ1n) is 4.49. The number of ether oxygens (including phenoxy) is 2. The second-order valence-electron chi connectivity index (χ2n) is 3.19. The molecule has 0 atom stereocenters.